The fourth-order valence-electron chi connectivity index (χ4n) is 2.50. The molecule has 1 aromatic heterocycles. The van der Waals surface area contributed by atoms with E-state index < -0.39 is 0 Å². The van der Waals surface area contributed by atoms with Gasteiger partial charge < -0.3 is 4.57 Å². The summed E-state index contributed by atoms with van der Waals surface area (Å²) in [6.45, 7) is 10.3. The maximum absolute atomic E-state index is 4.71. The Kier molecular flexibility index (Phi) is 3.17. The molecule has 0 saturated heterocycles. The summed E-state index contributed by atoms with van der Waals surface area (Å²) in [7, 11) is 0. The lowest BCUT2D eigenvalue weighted by Crippen LogP contribution is -2.19. The lowest BCUT2D eigenvalue weighted by atomic mass is 9.91. The van der Waals surface area contributed by atoms with E-state index >= 15 is 0 Å². The van der Waals surface area contributed by atoms with Gasteiger partial charge in [0.15, 0.2) is 0 Å². The molecule has 16 heavy (non-hydrogen) atoms. The van der Waals surface area contributed by atoms with Crippen molar-refractivity contribution in [2.24, 2.45) is 5.41 Å². The molecule has 1 aromatic rings. The van der Waals surface area contributed by atoms with E-state index in [9.17, 15) is 0 Å². The molecule has 0 bridgehead atoms. The van der Waals surface area contributed by atoms with Crippen LogP contribution in [-0.2, 0) is 13.0 Å². The van der Waals surface area contributed by atoms with E-state index in [2.05, 4.69) is 48.2 Å². The minimum absolute atomic E-state index is 0.308. The van der Waals surface area contributed by atoms with Crippen molar-refractivity contribution in [2.75, 3.05) is 0 Å². The Balaban J connectivity index is 2.38. The van der Waals surface area contributed by atoms with E-state index in [0.717, 1.165) is 17.6 Å². The molecule has 1 atom stereocenters. The molecule has 90 valence electrons. The van der Waals surface area contributed by atoms with Gasteiger partial charge in [-0.15, -0.1) is 0 Å². The summed E-state index contributed by atoms with van der Waals surface area (Å²) < 4.78 is 3.50. The summed E-state index contributed by atoms with van der Waals surface area (Å²) in [6.07, 6.45) is 3.63. The number of rotatable bonds is 1. The highest BCUT2D eigenvalue weighted by molar-refractivity contribution is 9.10. The topological polar surface area (TPSA) is 17.8 Å². The van der Waals surface area contributed by atoms with Crippen LogP contribution in [0, 0.1) is 5.41 Å². The predicted octanol–water partition coefficient (Wildman–Crippen LogP) is 4.13. The number of imidazole rings is 1. The maximum atomic E-state index is 4.71. The third kappa shape index (κ3) is 2.34. The number of hydrogen-bond donors (Lipinski definition) is 0. The molecule has 3 heteroatoms. The molecule has 0 aromatic carbocycles. The highest BCUT2D eigenvalue weighted by Gasteiger charge is 2.25. The molecule has 1 aliphatic rings. The number of nitrogens with zero attached hydrogens (tertiary/aromatic N) is 2. The first kappa shape index (κ1) is 12.2. The van der Waals surface area contributed by atoms with Crippen LogP contribution in [0.5, 0.6) is 0 Å². The standard InChI is InChI=1S/C13H21BrN2/c1-9-6-5-7-16-10(8-13(2,3)4)15-12(14)11(9)16/h9H,5-8H2,1-4H3. The van der Waals surface area contributed by atoms with Crippen molar-refractivity contribution in [3.63, 3.8) is 0 Å². The second kappa shape index (κ2) is 4.17. The Bertz CT molecular complexity index is 387. The minimum atomic E-state index is 0.308. The molecule has 1 unspecified atom stereocenters. The van der Waals surface area contributed by atoms with Crippen molar-refractivity contribution in [3.05, 3.63) is 16.1 Å². The van der Waals surface area contributed by atoms with Gasteiger partial charge in [-0.05, 0) is 40.1 Å². The van der Waals surface area contributed by atoms with Crippen molar-refractivity contribution in [1.29, 1.82) is 0 Å². The minimum Gasteiger partial charge on any atom is -0.331 e. The van der Waals surface area contributed by atoms with Crippen LogP contribution in [0.2, 0.25) is 0 Å². The van der Waals surface area contributed by atoms with Gasteiger partial charge in [0.05, 0.1) is 5.69 Å². The molecule has 2 nitrogen and oxygen atoms in total. The van der Waals surface area contributed by atoms with Crippen LogP contribution in [0.3, 0.4) is 0 Å². The first-order chi connectivity index (χ1) is 7.38. The molecule has 0 N–H and O–H groups in total. The van der Waals surface area contributed by atoms with E-state index in [1.54, 1.807) is 0 Å². The smallest absolute Gasteiger partial charge is 0.127 e. The zero-order valence-corrected chi connectivity index (χ0v) is 12.3. The van der Waals surface area contributed by atoms with Crippen LogP contribution in [-0.4, -0.2) is 9.55 Å². The van der Waals surface area contributed by atoms with Crippen LogP contribution >= 0.6 is 15.9 Å². The summed E-state index contributed by atoms with van der Waals surface area (Å²) >= 11 is 3.62. The average Bonchev–Trinajstić information content (AvgIpc) is 2.42. The third-order valence-corrected chi connectivity index (χ3v) is 3.80. The first-order valence-electron chi connectivity index (χ1n) is 6.13. The number of aromatic nitrogens is 2. The Morgan fingerprint density at radius 1 is 1.44 bits per heavy atom. The van der Waals surface area contributed by atoms with Gasteiger partial charge in [0.1, 0.15) is 10.4 Å². The van der Waals surface area contributed by atoms with Crippen LogP contribution in [0.4, 0.5) is 0 Å². The zero-order valence-electron chi connectivity index (χ0n) is 10.7. The van der Waals surface area contributed by atoms with Gasteiger partial charge >= 0.3 is 0 Å². The summed E-state index contributed by atoms with van der Waals surface area (Å²) in [5, 5.41) is 0. The number of halogens is 1. The zero-order chi connectivity index (χ0) is 11.9. The van der Waals surface area contributed by atoms with Gasteiger partial charge in [-0.3, -0.25) is 0 Å². The SMILES string of the molecule is CC1CCCn2c(CC(C)(C)C)nc(Br)c21. The highest BCUT2D eigenvalue weighted by Crippen LogP contribution is 2.34. The monoisotopic (exact) mass is 284 g/mol. The molecule has 0 aliphatic carbocycles. The predicted molar refractivity (Wildman–Crippen MR) is 70.7 cm³/mol. The van der Waals surface area contributed by atoms with Gasteiger partial charge in [0.25, 0.3) is 0 Å². The number of fused-ring (bicyclic) bond motifs is 1. The molecule has 1 aliphatic heterocycles. The molecule has 0 fully saturated rings. The van der Waals surface area contributed by atoms with Crippen molar-refractivity contribution in [1.82, 2.24) is 9.55 Å². The summed E-state index contributed by atoms with van der Waals surface area (Å²) in [4.78, 5) is 4.71. The van der Waals surface area contributed by atoms with Crippen LogP contribution in [0.1, 0.15) is 58.0 Å². The summed E-state index contributed by atoms with van der Waals surface area (Å²) in [5.41, 5.74) is 1.72. The lowest BCUT2D eigenvalue weighted by Gasteiger charge is -2.24. The van der Waals surface area contributed by atoms with Crippen molar-refractivity contribution in [3.8, 4) is 0 Å². The second-order valence-corrected chi connectivity index (χ2v) is 6.89. The third-order valence-electron chi connectivity index (χ3n) is 3.22. The first-order valence-corrected chi connectivity index (χ1v) is 6.92. The van der Waals surface area contributed by atoms with E-state index in [0.29, 0.717) is 11.3 Å². The van der Waals surface area contributed by atoms with Gasteiger partial charge in [0, 0.05) is 13.0 Å². The van der Waals surface area contributed by atoms with Crippen molar-refractivity contribution in [2.45, 2.75) is 59.4 Å². The van der Waals surface area contributed by atoms with Crippen LogP contribution in [0.25, 0.3) is 0 Å². The lowest BCUT2D eigenvalue weighted by molar-refractivity contribution is 0.379. The Labute approximate surface area is 107 Å². The van der Waals surface area contributed by atoms with Gasteiger partial charge in [-0.1, -0.05) is 27.7 Å². The average molecular weight is 285 g/mol. The van der Waals surface area contributed by atoms with Crippen molar-refractivity contribution >= 4 is 15.9 Å². The largest absolute Gasteiger partial charge is 0.331 e. The highest BCUT2D eigenvalue weighted by atomic mass is 79.9. The molecule has 0 amide bonds. The van der Waals surface area contributed by atoms with Gasteiger partial charge in [-0.25, -0.2) is 4.98 Å². The fraction of sp³-hybridized carbons (Fsp3) is 0.769. The fourth-order valence-corrected chi connectivity index (χ4v) is 3.31. The van der Waals surface area contributed by atoms with E-state index in [-0.39, 0.29) is 0 Å². The Hall–Kier alpha value is -0.310. The van der Waals surface area contributed by atoms with Crippen LogP contribution in [0.15, 0.2) is 4.60 Å². The molecule has 0 spiro atoms. The molecular formula is C13H21BrN2. The summed E-state index contributed by atoms with van der Waals surface area (Å²) in [5.74, 6) is 1.89. The van der Waals surface area contributed by atoms with Crippen LogP contribution < -0.4 is 0 Å². The molecule has 0 saturated carbocycles. The molecule has 2 rings (SSSR count). The quantitative estimate of drug-likeness (QED) is 0.758. The molecule has 2 heterocycles. The normalized spacial score (nSPS) is 20.9. The van der Waals surface area contributed by atoms with Gasteiger partial charge in [-0.2, -0.15) is 0 Å². The van der Waals surface area contributed by atoms with Gasteiger partial charge in [0.2, 0.25) is 0 Å². The Morgan fingerprint density at radius 2 is 2.12 bits per heavy atom. The maximum Gasteiger partial charge on any atom is 0.127 e. The number of hydrogen-bond acceptors (Lipinski definition) is 1. The molecular weight excluding hydrogens is 264 g/mol. The Morgan fingerprint density at radius 3 is 2.75 bits per heavy atom. The van der Waals surface area contributed by atoms with E-state index in [1.165, 1.54) is 24.4 Å². The second-order valence-electron chi connectivity index (χ2n) is 6.14. The van der Waals surface area contributed by atoms with E-state index in [4.69, 9.17) is 4.98 Å². The molecule has 0 radical (unpaired) electrons. The van der Waals surface area contributed by atoms with Crippen molar-refractivity contribution < 1.29 is 0 Å². The summed E-state index contributed by atoms with van der Waals surface area (Å²) in [6, 6.07) is 0. The van der Waals surface area contributed by atoms with E-state index in [1.807, 2.05) is 0 Å².